The molecule has 1 heterocycles. The van der Waals surface area contributed by atoms with Crippen molar-refractivity contribution < 1.29 is 9.84 Å². The SMILES string of the molecule is C=C[C@]1(C)C[C@H](O)C[C@H](/C=C/c2ccccc2)O1. The minimum atomic E-state index is -0.427. The van der Waals surface area contributed by atoms with Crippen molar-refractivity contribution in [3.63, 3.8) is 0 Å². The fourth-order valence-electron chi connectivity index (χ4n) is 2.29. The zero-order chi connectivity index (χ0) is 13.0. The average molecular weight is 244 g/mol. The highest BCUT2D eigenvalue weighted by atomic mass is 16.5. The van der Waals surface area contributed by atoms with E-state index in [9.17, 15) is 5.11 Å². The Bertz CT molecular complexity index is 424. The van der Waals surface area contributed by atoms with E-state index in [4.69, 9.17) is 4.74 Å². The Hall–Kier alpha value is -1.38. The van der Waals surface area contributed by atoms with Crippen LogP contribution in [0.15, 0.2) is 49.1 Å². The fourth-order valence-corrected chi connectivity index (χ4v) is 2.29. The Morgan fingerprint density at radius 3 is 2.78 bits per heavy atom. The molecule has 0 spiro atoms. The molecular weight excluding hydrogens is 224 g/mol. The second-order valence-corrected chi connectivity index (χ2v) is 5.04. The van der Waals surface area contributed by atoms with Gasteiger partial charge in [0.2, 0.25) is 0 Å². The van der Waals surface area contributed by atoms with E-state index in [0.29, 0.717) is 12.8 Å². The van der Waals surface area contributed by atoms with Crippen LogP contribution in [-0.4, -0.2) is 22.9 Å². The number of benzene rings is 1. The molecule has 18 heavy (non-hydrogen) atoms. The first-order valence-electron chi connectivity index (χ1n) is 6.34. The van der Waals surface area contributed by atoms with E-state index in [-0.39, 0.29) is 12.2 Å². The van der Waals surface area contributed by atoms with Gasteiger partial charge in [-0.3, -0.25) is 0 Å². The largest absolute Gasteiger partial charge is 0.393 e. The lowest BCUT2D eigenvalue weighted by Gasteiger charge is -2.38. The third kappa shape index (κ3) is 3.31. The smallest absolute Gasteiger partial charge is 0.0864 e. The van der Waals surface area contributed by atoms with Crippen molar-refractivity contribution in [3.8, 4) is 0 Å². The lowest BCUT2D eigenvalue weighted by atomic mass is 9.91. The summed E-state index contributed by atoms with van der Waals surface area (Å²) < 4.78 is 5.95. The van der Waals surface area contributed by atoms with E-state index < -0.39 is 5.60 Å². The number of aliphatic hydroxyl groups excluding tert-OH is 1. The lowest BCUT2D eigenvalue weighted by molar-refractivity contribution is -0.109. The number of hydrogen-bond donors (Lipinski definition) is 1. The Kier molecular flexibility index (Phi) is 4.00. The van der Waals surface area contributed by atoms with E-state index in [1.54, 1.807) is 6.08 Å². The zero-order valence-electron chi connectivity index (χ0n) is 10.8. The maximum absolute atomic E-state index is 9.88. The summed E-state index contributed by atoms with van der Waals surface area (Å²) in [6, 6.07) is 10.1. The van der Waals surface area contributed by atoms with Crippen LogP contribution in [0.2, 0.25) is 0 Å². The number of hydrogen-bond acceptors (Lipinski definition) is 2. The van der Waals surface area contributed by atoms with Gasteiger partial charge in [-0.2, -0.15) is 0 Å². The second-order valence-electron chi connectivity index (χ2n) is 5.04. The number of aliphatic hydroxyl groups is 1. The van der Waals surface area contributed by atoms with Crippen LogP contribution in [0.4, 0.5) is 0 Å². The van der Waals surface area contributed by atoms with Crippen LogP contribution in [0.25, 0.3) is 6.08 Å². The summed E-state index contributed by atoms with van der Waals surface area (Å²) in [5, 5.41) is 9.88. The summed E-state index contributed by atoms with van der Waals surface area (Å²) in [5.74, 6) is 0. The van der Waals surface area contributed by atoms with Crippen LogP contribution < -0.4 is 0 Å². The summed E-state index contributed by atoms with van der Waals surface area (Å²) in [6.07, 6.45) is 6.70. The van der Waals surface area contributed by atoms with Gasteiger partial charge in [0.15, 0.2) is 0 Å². The molecule has 0 bridgehead atoms. The molecular formula is C16H20O2. The van der Waals surface area contributed by atoms with Crippen LogP contribution in [-0.2, 0) is 4.74 Å². The highest BCUT2D eigenvalue weighted by molar-refractivity contribution is 5.49. The lowest BCUT2D eigenvalue weighted by Crippen LogP contribution is -2.41. The van der Waals surface area contributed by atoms with Gasteiger partial charge in [-0.05, 0) is 12.5 Å². The van der Waals surface area contributed by atoms with Gasteiger partial charge >= 0.3 is 0 Å². The normalized spacial score (nSPS) is 32.6. The molecule has 0 amide bonds. The van der Waals surface area contributed by atoms with Crippen molar-refractivity contribution in [3.05, 3.63) is 54.6 Å². The Morgan fingerprint density at radius 2 is 2.11 bits per heavy atom. The van der Waals surface area contributed by atoms with Crippen molar-refractivity contribution in [2.45, 2.75) is 37.6 Å². The highest BCUT2D eigenvalue weighted by Crippen LogP contribution is 2.30. The summed E-state index contributed by atoms with van der Waals surface area (Å²) >= 11 is 0. The number of ether oxygens (including phenoxy) is 1. The minimum absolute atomic E-state index is 0.0584. The van der Waals surface area contributed by atoms with Gasteiger partial charge in [0, 0.05) is 12.8 Å². The minimum Gasteiger partial charge on any atom is -0.393 e. The zero-order valence-corrected chi connectivity index (χ0v) is 10.8. The molecule has 2 rings (SSSR count). The quantitative estimate of drug-likeness (QED) is 0.827. The topological polar surface area (TPSA) is 29.5 Å². The van der Waals surface area contributed by atoms with Gasteiger partial charge in [-0.1, -0.05) is 48.6 Å². The fraction of sp³-hybridized carbons (Fsp3) is 0.375. The monoisotopic (exact) mass is 244 g/mol. The van der Waals surface area contributed by atoms with Crippen LogP contribution >= 0.6 is 0 Å². The van der Waals surface area contributed by atoms with E-state index >= 15 is 0 Å². The molecule has 0 saturated carbocycles. The van der Waals surface area contributed by atoms with Crippen LogP contribution in [0.3, 0.4) is 0 Å². The molecule has 0 aromatic heterocycles. The summed E-state index contributed by atoms with van der Waals surface area (Å²) in [6.45, 7) is 5.75. The van der Waals surface area contributed by atoms with Crippen LogP contribution in [0, 0.1) is 0 Å². The molecule has 3 atom stereocenters. The van der Waals surface area contributed by atoms with Crippen molar-refractivity contribution in [1.82, 2.24) is 0 Å². The van der Waals surface area contributed by atoms with Gasteiger partial charge in [0.1, 0.15) is 0 Å². The highest BCUT2D eigenvalue weighted by Gasteiger charge is 2.34. The van der Waals surface area contributed by atoms with E-state index in [2.05, 4.69) is 6.58 Å². The molecule has 0 unspecified atom stereocenters. The van der Waals surface area contributed by atoms with Crippen LogP contribution in [0.1, 0.15) is 25.3 Å². The summed E-state index contributed by atoms with van der Waals surface area (Å²) in [4.78, 5) is 0. The molecule has 0 aliphatic carbocycles. The van der Waals surface area contributed by atoms with Gasteiger partial charge in [-0.25, -0.2) is 0 Å². The maximum Gasteiger partial charge on any atom is 0.0864 e. The average Bonchev–Trinajstić information content (AvgIpc) is 2.37. The molecule has 1 N–H and O–H groups in total. The molecule has 0 radical (unpaired) electrons. The van der Waals surface area contributed by atoms with Crippen molar-refractivity contribution in [1.29, 1.82) is 0 Å². The molecule has 1 aromatic rings. The second kappa shape index (κ2) is 5.51. The van der Waals surface area contributed by atoms with Crippen molar-refractivity contribution in [2.75, 3.05) is 0 Å². The summed E-state index contributed by atoms with van der Waals surface area (Å²) in [7, 11) is 0. The molecule has 1 aromatic carbocycles. The third-order valence-electron chi connectivity index (χ3n) is 3.30. The Morgan fingerprint density at radius 1 is 1.39 bits per heavy atom. The molecule has 2 nitrogen and oxygen atoms in total. The van der Waals surface area contributed by atoms with E-state index in [1.165, 1.54) is 0 Å². The van der Waals surface area contributed by atoms with Gasteiger partial charge in [-0.15, -0.1) is 6.58 Å². The van der Waals surface area contributed by atoms with Gasteiger partial charge in [0.25, 0.3) is 0 Å². The van der Waals surface area contributed by atoms with Crippen LogP contribution in [0.5, 0.6) is 0 Å². The van der Waals surface area contributed by atoms with E-state index in [1.807, 2.05) is 49.4 Å². The Labute approximate surface area is 109 Å². The predicted molar refractivity (Wildman–Crippen MR) is 74.2 cm³/mol. The Balaban J connectivity index is 2.05. The van der Waals surface area contributed by atoms with Gasteiger partial charge in [0.05, 0.1) is 17.8 Å². The first-order valence-corrected chi connectivity index (χ1v) is 6.34. The molecule has 2 heteroatoms. The molecule has 1 aliphatic rings. The number of rotatable bonds is 3. The van der Waals surface area contributed by atoms with Crippen molar-refractivity contribution >= 4 is 6.08 Å². The molecule has 1 fully saturated rings. The molecule has 1 saturated heterocycles. The summed E-state index contributed by atoms with van der Waals surface area (Å²) in [5.41, 5.74) is 0.713. The van der Waals surface area contributed by atoms with Gasteiger partial charge < -0.3 is 9.84 Å². The first kappa shape index (κ1) is 13.1. The maximum atomic E-state index is 9.88. The standard InChI is InChI=1S/C16H20O2/c1-3-16(2)12-14(17)11-15(18-16)10-9-13-7-5-4-6-8-13/h3-10,14-15,17H,1,11-12H2,2H3/b10-9+/t14-,15+,16-/m1/s1. The van der Waals surface area contributed by atoms with Crippen molar-refractivity contribution in [2.24, 2.45) is 0 Å². The third-order valence-corrected chi connectivity index (χ3v) is 3.30. The molecule has 1 aliphatic heterocycles. The first-order chi connectivity index (χ1) is 8.61. The predicted octanol–water partition coefficient (Wildman–Crippen LogP) is 3.18. The van der Waals surface area contributed by atoms with E-state index in [0.717, 1.165) is 5.56 Å². The molecule has 96 valence electrons.